The third kappa shape index (κ3) is 24.6. The van der Waals surface area contributed by atoms with E-state index in [0.717, 1.165) is 16.7 Å². The zero-order chi connectivity index (χ0) is 84.4. The summed E-state index contributed by atoms with van der Waals surface area (Å²) in [6.45, 7) is 8.27. The van der Waals surface area contributed by atoms with E-state index in [-0.39, 0.29) is 24.0 Å². The molecule has 0 aliphatic heterocycles. The maximum Gasteiger partial charge on any atom is 0.502 e. The number of hydrogen-bond donors (Lipinski definition) is 0. The Labute approximate surface area is 687 Å². The van der Waals surface area contributed by atoms with Crippen molar-refractivity contribution in [3.63, 3.8) is 0 Å². The largest absolute Gasteiger partial charge is 1.00 e. The molecule has 32 nitrogen and oxygen atoms in total. The van der Waals surface area contributed by atoms with Crippen LogP contribution in [0.25, 0.3) is 12.2 Å². The SMILES string of the molecule is C=Cc1ccc(CCl)cc1.C=Cc1ccc(CN(C)P(=N[P+](N=P(N(C)C)(N(C)C)N(C)C)(N=P(N(C)C)(N(C)C)N(C)C)N=P(N(C)C)(N(C)C)N(C)C)(N(C)C)N(C)C)cc1.CN=P(N=P(N=P(N(C)C)(N(C)C)N(C)C)(N=P(N(C)C)(N(C)C)N(C)C)N=P(N(C)C)(N(C)C)N(C)C)(N(C)C)N(C)C.[I-]. The van der Waals surface area contributed by atoms with E-state index in [0.29, 0.717) is 12.4 Å². The van der Waals surface area contributed by atoms with Gasteiger partial charge in [-0.15, -0.1) is 11.6 Å². The third-order valence-corrected chi connectivity index (χ3v) is 58.3. The van der Waals surface area contributed by atoms with Crippen LogP contribution in [0.1, 0.15) is 22.3 Å². The molecule has 2 aromatic carbocycles. The first-order valence-corrected chi connectivity index (χ1v) is 51.4. The monoisotopic (exact) mass is 1840 g/mol. The number of nitrogens with zero attached hydrogens (tertiary/aromatic N) is 32. The topological polar surface area (TPSA) is 186 Å². The molecule has 0 N–H and O–H groups in total. The van der Waals surface area contributed by atoms with Crippen molar-refractivity contribution in [3.05, 3.63) is 83.9 Å². The van der Waals surface area contributed by atoms with Crippen LogP contribution < -0.4 is 24.0 Å². The zero-order valence-electron chi connectivity index (χ0n) is 76.1. The van der Waals surface area contributed by atoms with E-state index in [1.807, 2.05) is 71.7 Å². The molecule has 0 saturated carbocycles. The van der Waals surface area contributed by atoms with Crippen LogP contribution >= 0.6 is 87.0 Å². The fourth-order valence-corrected chi connectivity index (χ4v) is 61.0. The van der Waals surface area contributed by atoms with Gasteiger partial charge >= 0.3 is 15.4 Å². The summed E-state index contributed by atoms with van der Waals surface area (Å²) in [7, 11) is 68.2. The average Bonchev–Trinajstić information content (AvgIpc) is 0.728. The summed E-state index contributed by atoms with van der Waals surface area (Å²) >= 11 is 5.60. The van der Waals surface area contributed by atoms with Crippen LogP contribution in [0, 0.1) is 0 Å². The van der Waals surface area contributed by atoms with Gasteiger partial charge in [-0.1, -0.05) is 73.8 Å². The minimum atomic E-state index is -3.56. The van der Waals surface area contributed by atoms with E-state index in [4.69, 9.17) is 52.5 Å². The Balaban J connectivity index is 0. The molecule has 0 heterocycles. The Morgan fingerprint density at radius 2 is 0.481 bits per heavy atom. The molecule has 636 valence electrons. The molecule has 0 atom stereocenters. The van der Waals surface area contributed by atoms with Crippen LogP contribution in [0.4, 0.5) is 0 Å². The number of benzene rings is 2. The Kier molecular flexibility index (Phi) is 47.3. The van der Waals surface area contributed by atoms with Gasteiger partial charge in [-0.25, -0.2) is 65.4 Å². The second-order valence-corrected chi connectivity index (χ2v) is 65.2. The predicted octanol–water partition coefficient (Wildman–Crippen LogP) is 13.0. The summed E-state index contributed by atoms with van der Waals surface area (Å²) in [5, 5.41) is 0. The van der Waals surface area contributed by atoms with Gasteiger partial charge in [0.2, 0.25) is 37.5 Å². The lowest BCUT2D eigenvalue weighted by molar-refractivity contribution is -0.0000251. The summed E-state index contributed by atoms with van der Waals surface area (Å²) < 4.78 is 105. The van der Waals surface area contributed by atoms with Gasteiger partial charge in [-0.2, -0.15) is 18.1 Å². The first-order chi connectivity index (χ1) is 48.8. The van der Waals surface area contributed by atoms with Gasteiger partial charge in [-0.3, -0.25) is 46.8 Å². The smallest absolute Gasteiger partial charge is 0.502 e. The summed E-state index contributed by atoms with van der Waals surface area (Å²) in [5.74, 6) is 0.581. The standard InChI is InChI=1S/C32H78N16P5.C23H69N16P5.C9H9Cl.HI/c1-25-31-26-28-32(29-27-31)30-48(24)53(46(20)21,47(22)23)36-49(33-50(37(2)3,38(4)5)39(6)7,34-51(40(8)9,41(10)11)42(12)13)35-52(43(14)15,44(16)17)45(18)19;1-24-41(29(2)3,30(4)5)25-40(26-42(31(6)7,32(8)9)33(10)11,27-43(34(12)13,35(14)15)36(16)17)28-44(37(18)19,38(20)21)39(22)23;1-2-8-3-5-9(7-10)6-4-8;/h25-29H,1,30H2,2-24H3;1-23H3;2-6H,1,7H2;1H/q+1;;;/p-1. The number of hydrogen-bond acceptors (Lipinski definition) is 5. The molecule has 0 spiro atoms. The van der Waals surface area contributed by atoms with E-state index >= 15 is 0 Å². The molecule has 0 radical (unpaired) electrons. The van der Waals surface area contributed by atoms with E-state index in [1.165, 1.54) is 5.56 Å². The molecule has 0 amide bonds. The van der Waals surface area contributed by atoms with Crippen molar-refractivity contribution >= 4 is 99.2 Å². The van der Waals surface area contributed by atoms with Gasteiger partial charge in [-0.05, 0) is 357 Å². The van der Waals surface area contributed by atoms with Crippen molar-refractivity contribution in [3.8, 4) is 0 Å². The van der Waals surface area contributed by atoms with Crippen LogP contribution in [0.5, 0.6) is 0 Å². The Bertz CT molecular complexity index is 3240. The van der Waals surface area contributed by atoms with Gasteiger partial charge < -0.3 is 24.0 Å². The van der Waals surface area contributed by atoms with Crippen molar-refractivity contribution in [2.45, 2.75) is 12.4 Å². The maximum absolute atomic E-state index is 6.29. The first-order valence-electron chi connectivity index (χ1n) is 34.9. The van der Waals surface area contributed by atoms with Crippen LogP contribution in [0.2, 0.25) is 0 Å². The minimum Gasteiger partial charge on any atom is -1.00 e. The summed E-state index contributed by atoms with van der Waals surface area (Å²) in [6.07, 6.45) is 3.70. The van der Waals surface area contributed by atoms with Crippen molar-refractivity contribution in [2.75, 3.05) is 324 Å². The Morgan fingerprint density at radius 1 is 0.287 bits per heavy atom. The lowest BCUT2D eigenvalue weighted by Gasteiger charge is -2.46. The van der Waals surface area contributed by atoms with E-state index in [2.05, 4.69) is 434 Å². The van der Waals surface area contributed by atoms with Crippen molar-refractivity contribution in [1.29, 1.82) is 0 Å². The summed E-state index contributed by atoms with van der Waals surface area (Å²) in [5.41, 5.74) is 4.55. The predicted molar refractivity (Wildman–Crippen MR) is 492 cm³/mol. The van der Waals surface area contributed by atoms with Crippen LogP contribution in [0.15, 0.2) is 103 Å². The molecule has 0 aromatic heterocycles. The molecule has 108 heavy (non-hydrogen) atoms. The van der Waals surface area contributed by atoms with Gasteiger partial charge in [0, 0.05) is 19.5 Å². The minimum absolute atomic E-state index is 0. The van der Waals surface area contributed by atoms with Crippen molar-refractivity contribution in [2.24, 2.45) is 40.9 Å². The van der Waals surface area contributed by atoms with E-state index in [9.17, 15) is 0 Å². The first kappa shape index (κ1) is 111. The van der Waals surface area contributed by atoms with Crippen molar-refractivity contribution in [1.82, 2.24) is 107 Å². The Hall–Kier alpha value is 0.520. The van der Waals surface area contributed by atoms with Gasteiger partial charge in [0.15, 0.2) is 22.5 Å². The fourth-order valence-electron chi connectivity index (χ4n) is 13.4. The number of halogens is 2. The lowest BCUT2D eigenvalue weighted by atomic mass is 10.1. The maximum atomic E-state index is 6.29. The summed E-state index contributed by atoms with van der Waals surface area (Å²) in [4.78, 5) is 0. The molecule has 2 rings (SSSR count). The highest BCUT2D eigenvalue weighted by atomic mass is 127. The van der Waals surface area contributed by atoms with Crippen molar-refractivity contribution < 1.29 is 24.0 Å². The Morgan fingerprint density at radius 3 is 0.648 bits per heavy atom. The molecule has 0 aliphatic rings. The molecule has 0 unspecified atom stereocenters. The second kappa shape index (κ2) is 46.2. The van der Waals surface area contributed by atoms with Crippen LogP contribution in [0.3, 0.4) is 0 Å². The zero-order valence-corrected chi connectivity index (χ0v) is 88.0. The molecule has 0 saturated heterocycles. The number of alkyl halides is 1. The van der Waals surface area contributed by atoms with E-state index in [1.54, 1.807) is 0 Å². The van der Waals surface area contributed by atoms with Crippen LogP contribution in [-0.4, -0.2) is 432 Å². The third-order valence-electron chi connectivity index (χ3n) is 17.4. The molecule has 2 aromatic rings. The molecule has 0 bridgehead atoms. The second-order valence-electron chi connectivity index (χ2n) is 29.8. The van der Waals surface area contributed by atoms with Gasteiger partial charge in [0.25, 0.3) is 0 Å². The highest BCUT2D eigenvalue weighted by Gasteiger charge is 2.57. The van der Waals surface area contributed by atoms with Gasteiger partial charge in [0.1, 0.15) is 0 Å². The molecular weight excluding hydrogens is 1690 g/mol. The summed E-state index contributed by atoms with van der Waals surface area (Å²) in [6, 6.07) is 16.6. The van der Waals surface area contributed by atoms with Crippen LogP contribution in [-0.2, 0) is 12.4 Å². The van der Waals surface area contributed by atoms with E-state index < -0.39 is 75.4 Å². The molecular formula is C64H156ClIN32P10. The molecule has 44 heteroatoms. The number of rotatable bonds is 36. The lowest BCUT2D eigenvalue weighted by Crippen LogP contribution is -3.00. The molecule has 0 aliphatic carbocycles. The highest BCUT2D eigenvalue weighted by molar-refractivity contribution is 7.88. The average molecular weight is 1850 g/mol. The quantitative estimate of drug-likeness (QED) is 0.0356. The highest BCUT2D eigenvalue weighted by Crippen LogP contribution is 2.87. The van der Waals surface area contributed by atoms with Gasteiger partial charge in [0.05, 0.1) is 0 Å². The normalized spacial score (nSPS) is 13.8. The molecule has 0 fully saturated rings. The fraction of sp³-hybridized carbons (Fsp3) is 0.750.